The first-order chi connectivity index (χ1) is 29.0. The Morgan fingerprint density at radius 2 is 0.712 bits per heavy atom. The Kier molecular flexibility index (Phi) is 8.02. The van der Waals surface area contributed by atoms with E-state index in [0.29, 0.717) is 17.5 Å². The minimum Gasteiger partial charge on any atom is -0.456 e. The molecular weight excluding hydrogens is 719 g/mol. The van der Waals surface area contributed by atoms with Gasteiger partial charge in [0.2, 0.25) is 0 Å². The fourth-order valence-corrected chi connectivity index (χ4v) is 9.46. The molecular formula is C55H39N3O. The highest BCUT2D eigenvalue weighted by Crippen LogP contribution is 2.62. The van der Waals surface area contributed by atoms with Crippen LogP contribution in [0.25, 0.3) is 56.4 Å². The van der Waals surface area contributed by atoms with Gasteiger partial charge < -0.3 is 4.74 Å². The van der Waals surface area contributed by atoms with E-state index in [-0.39, 0.29) is 5.41 Å². The largest absolute Gasteiger partial charge is 0.456 e. The third kappa shape index (κ3) is 5.48. The van der Waals surface area contributed by atoms with Crippen molar-refractivity contribution in [1.82, 2.24) is 15.0 Å². The maximum atomic E-state index is 7.09. The van der Waals surface area contributed by atoms with Crippen molar-refractivity contribution in [3.8, 4) is 67.9 Å². The van der Waals surface area contributed by atoms with Crippen LogP contribution in [0.2, 0.25) is 0 Å². The first-order valence-corrected chi connectivity index (χ1v) is 20.2. The van der Waals surface area contributed by atoms with Gasteiger partial charge in [-0.3, -0.25) is 0 Å². The summed E-state index contributed by atoms with van der Waals surface area (Å²) in [6, 6.07) is 70.6. The van der Waals surface area contributed by atoms with Crippen LogP contribution in [0.15, 0.2) is 200 Å². The predicted octanol–water partition coefficient (Wildman–Crippen LogP) is 13.3. The van der Waals surface area contributed by atoms with Gasteiger partial charge in [-0.25, -0.2) is 15.0 Å². The molecule has 0 saturated heterocycles. The fraction of sp³-hybridized carbons (Fsp3) is 0.0727. The van der Waals surface area contributed by atoms with Crippen molar-refractivity contribution in [2.45, 2.75) is 24.7 Å². The summed E-state index contributed by atoms with van der Waals surface area (Å²) in [7, 11) is 0. The number of nitrogens with zero attached hydrogens (tertiary/aromatic N) is 3. The second-order valence-corrected chi connectivity index (χ2v) is 15.9. The highest BCUT2D eigenvalue weighted by molar-refractivity contribution is 5.81. The van der Waals surface area contributed by atoms with Crippen molar-refractivity contribution in [3.05, 3.63) is 234 Å². The lowest BCUT2D eigenvalue weighted by Crippen LogP contribution is -2.43. The van der Waals surface area contributed by atoms with E-state index in [2.05, 4.69) is 202 Å². The maximum Gasteiger partial charge on any atom is 0.167 e. The number of fused-ring (bicyclic) bond motifs is 8. The van der Waals surface area contributed by atoms with Gasteiger partial charge in [-0.1, -0.05) is 202 Å². The minimum atomic E-state index is -0.651. The number of ether oxygens (including phenoxy) is 1. The molecule has 11 rings (SSSR count). The van der Waals surface area contributed by atoms with E-state index in [0.717, 1.165) is 61.6 Å². The van der Waals surface area contributed by atoms with Crippen molar-refractivity contribution >= 4 is 0 Å². The zero-order valence-corrected chi connectivity index (χ0v) is 32.8. The lowest BCUT2D eigenvalue weighted by molar-refractivity contribution is 0.426. The summed E-state index contributed by atoms with van der Waals surface area (Å²) in [5.41, 5.74) is 13.6. The summed E-state index contributed by atoms with van der Waals surface area (Å²) in [4.78, 5) is 15.7. The van der Waals surface area contributed by atoms with E-state index < -0.39 is 5.41 Å². The summed E-state index contributed by atoms with van der Waals surface area (Å²) in [6.07, 6.45) is 0. The van der Waals surface area contributed by atoms with Crippen LogP contribution in [0.1, 0.15) is 47.2 Å². The van der Waals surface area contributed by atoms with Crippen molar-refractivity contribution in [1.29, 1.82) is 0 Å². The van der Waals surface area contributed by atoms with Crippen LogP contribution in [-0.2, 0) is 10.8 Å². The van der Waals surface area contributed by atoms with Crippen molar-refractivity contribution in [3.63, 3.8) is 0 Å². The standard InChI is InChI=1S/C55H39N3O/c1-54(2)43-21-9-11-23-45(43)55(46-24-12-10-22-44(46)54)47-25-13-14-27-49(47)59-50-42(20-15-26-48(50)55)53-57-51(40-32-28-38(29-33-40)36-16-5-3-6-17-36)56-52(58-53)41-34-30-39(31-35-41)37-18-7-4-8-19-37/h3-35H,1-2H3. The third-order valence-electron chi connectivity index (χ3n) is 12.3. The monoisotopic (exact) mass is 757 g/mol. The molecule has 0 atom stereocenters. The molecule has 2 aliphatic rings. The van der Waals surface area contributed by atoms with E-state index in [1.807, 2.05) is 12.1 Å². The molecule has 0 radical (unpaired) electrons. The topological polar surface area (TPSA) is 47.9 Å². The maximum absolute atomic E-state index is 7.09. The van der Waals surface area contributed by atoms with Crippen molar-refractivity contribution in [2.24, 2.45) is 0 Å². The quantitative estimate of drug-likeness (QED) is 0.175. The Labute approximate surface area is 344 Å². The van der Waals surface area contributed by atoms with E-state index in [9.17, 15) is 0 Å². The first kappa shape index (κ1) is 34.8. The number of benzene rings is 8. The Balaban J connectivity index is 1.14. The summed E-state index contributed by atoms with van der Waals surface area (Å²) in [5.74, 6) is 3.30. The molecule has 0 fully saturated rings. The van der Waals surface area contributed by atoms with Gasteiger partial charge in [0.15, 0.2) is 17.5 Å². The molecule has 1 aromatic heterocycles. The molecule has 0 saturated carbocycles. The molecule has 1 spiro atoms. The Morgan fingerprint density at radius 1 is 0.322 bits per heavy atom. The van der Waals surface area contributed by atoms with Crippen LogP contribution in [0.4, 0.5) is 0 Å². The highest BCUT2D eigenvalue weighted by Gasteiger charge is 2.53. The van der Waals surface area contributed by atoms with Gasteiger partial charge in [0.1, 0.15) is 11.5 Å². The zero-order valence-electron chi connectivity index (χ0n) is 32.8. The highest BCUT2D eigenvalue weighted by atomic mass is 16.5. The molecule has 0 N–H and O–H groups in total. The number of hydrogen-bond acceptors (Lipinski definition) is 4. The number of aromatic nitrogens is 3. The van der Waals surface area contributed by atoms with Crippen LogP contribution in [0.3, 0.4) is 0 Å². The zero-order chi connectivity index (χ0) is 39.6. The lowest BCUT2D eigenvalue weighted by atomic mass is 9.53. The first-order valence-electron chi connectivity index (χ1n) is 20.2. The molecule has 2 heterocycles. The molecule has 9 aromatic rings. The molecule has 0 unspecified atom stereocenters. The summed E-state index contributed by atoms with van der Waals surface area (Å²) < 4.78 is 7.09. The van der Waals surface area contributed by atoms with E-state index in [4.69, 9.17) is 19.7 Å². The Bertz CT molecular complexity index is 2880. The average Bonchev–Trinajstić information content (AvgIpc) is 3.31. The molecule has 4 nitrogen and oxygen atoms in total. The van der Waals surface area contributed by atoms with Gasteiger partial charge in [-0.15, -0.1) is 0 Å². The van der Waals surface area contributed by atoms with Crippen LogP contribution in [0.5, 0.6) is 11.5 Å². The Hall–Kier alpha value is -7.43. The van der Waals surface area contributed by atoms with Crippen molar-refractivity contribution < 1.29 is 4.74 Å². The normalized spacial score (nSPS) is 14.0. The molecule has 8 aromatic carbocycles. The van der Waals surface area contributed by atoms with Gasteiger partial charge >= 0.3 is 0 Å². The Morgan fingerprint density at radius 3 is 1.24 bits per heavy atom. The van der Waals surface area contributed by atoms with E-state index in [1.165, 1.54) is 22.3 Å². The van der Waals surface area contributed by atoms with Gasteiger partial charge in [0.25, 0.3) is 0 Å². The second-order valence-electron chi connectivity index (χ2n) is 15.9. The molecule has 1 aliphatic heterocycles. The molecule has 280 valence electrons. The second kappa shape index (κ2) is 13.6. The third-order valence-corrected chi connectivity index (χ3v) is 12.3. The number of para-hydroxylation sites is 2. The fourth-order valence-electron chi connectivity index (χ4n) is 9.46. The molecule has 0 bridgehead atoms. The molecule has 59 heavy (non-hydrogen) atoms. The smallest absolute Gasteiger partial charge is 0.167 e. The number of hydrogen-bond donors (Lipinski definition) is 0. The lowest BCUT2D eigenvalue weighted by Gasteiger charge is -2.50. The van der Waals surface area contributed by atoms with Gasteiger partial charge in [-0.2, -0.15) is 0 Å². The molecule has 0 amide bonds. The minimum absolute atomic E-state index is 0.215. The van der Waals surface area contributed by atoms with Crippen LogP contribution < -0.4 is 4.74 Å². The van der Waals surface area contributed by atoms with Crippen LogP contribution >= 0.6 is 0 Å². The molecule has 4 heteroatoms. The summed E-state index contributed by atoms with van der Waals surface area (Å²) >= 11 is 0. The summed E-state index contributed by atoms with van der Waals surface area (Å²) in [6.45, 7) is 4.68. The van der Waals surface area contributed by atoms with E-state index in [1.54, 1.807) is 0 Å². The van der Waals surface area contributed by atoms with Gasteiger partial charge in [0.05, 0.1) is 11.0 Å². The average molecular weight is 758 g/mol. The summed E-state index contributed by atoms with van der Waals surface area (Å²) in [5, 5.41) is 0. The SMILES string of the molecule is CC1(C)c2ccccc2C2(c3ccccc3Oc3c(-c4nc(-c5ccc(-c6ccccc6)cc5)nc(-c5ccc(-c6ccccc6)cc5)n4)cccc32)c2ccccc21. The van der Waals surface area contributed by atoms with Gasteiger partial charge in [0, 0.05) is 27.7 Å². The number of rotatable bonds is 5. The van der Waals surface area contributed by atoms with E-state index >= 15 is 0 Å². The van der Waals surface area contributed by atoms with Crippen molar-refractivity contribution in [2.75, 3.05) is 0 Å². The van der Waals surface area contributed by atoms with Crippen LogP contribution in [0, 0.1) is 0 Å². The van der Waals surface area contributed by atoms with Gasteiger partial charge in [-0.05, 0) is 56.6 Å². The predicted molar refractivity (Wildman–Crippen MR) is 238 cm³/mol. The van der Waals surface area contributed by atoms with Crippen LogP contribution in [-0.4, -0.2) is 15.0 Å². The molecule has 1 aliphatic carbocycles.